The van der Waals surface area contributed by atoms with Gasteiger partial charge in [-0.15, -0.1) is 0 Å². The van der Waals surface area contributed by atoms with Gasteiger partial charge in [0.2, 0.25) is 5.88 Å². The zero-order valence-electron chi connectivity index (χ0n) is 28.1. The Hall–Kier alpha value is -5.95. The Morgan fingerprint density at radius 1 is 0.940 bits per heavy atom. The minimum atomic E-state index is -0.991. The summed E-state index contributed by atoms with van der Waals surface area (Å²) in [5, 5.41) is 0. The number of aromatic nitrogens is 4. The molecule has 1 aliphatic heterocycles. The predicted molar refractivity (Wildman–Crippen MR) is 185 cm³/mol. The second-order valence-corrected chi connectivity index (χ2v) is 12.1. The highest BCUT2D eigenvalue weighted by Crippen LogP contribution is 2.34. The van der Waals surface area contributed by atoms with Crippen LogP contribution in [0.1, 0.15) is 50.1 Å². The van der Waals surface area contributed by atoms with E-state index in [2.05, 4.69) is 19.9 Å². The number of aliphatic imine (C=N–C) groups is 1. The normalized spacial score (nSPS) is 17.2. The lowest BCUT2D eigenvalue weighted by atomic mass is 10.1. The van der Waals surface area contributed by atoms with Gasteiger partial charge < -0.3 is 23.8 Å². The quantitative estimate of drug-likeness (QED) is 0.106. The van der Waals surface area contributed by atoms with Crippen LogP contribution in [-0.4, -0.2) is 75.6 Å². The fraction of sp³-hybridized carbons (Fsp3) is 0.270. The zero-order chi connectivity index (χ0) is 35.2. The highest BCUT2D eigenvalue weighted by molar-refractivity contribution is 5.90. The number of rotatable bonds is 11. The molecule has 50 heavy (non-hydrogen) atoms. The molecular formula is C37H36N6O7. The third kappa shape index (κ3) is 8.01. The Morgan fingerprint density at radius 2 is 1.60 bits per heavy atom. The van der Waals surface area contributed by atoms with Crippen LogP contribution in [0.15, 0.2) is 94.8 Å². The molecule has 2 aromatic heterocycles. The van der Waals surface area contributed by atoms with Gasteiger partial charge in [0.25, 0.3) is 11.5 Å². The number of esters is 2. The topological polar surface area (TPSA) is 147 Å². The Balaban J connectivity index is 1.34. The largest absolute Gasteiger partial charge is 0.471 e. The molecule has 13 nitrogen and oxygen atoms in total. The average Bonchev–Trinajstić information content (AvgIpc) is 3.50. The summed E-state index contributed by atoms with van der Waals surface area (Å²) in [6.07, 6.45) is -0.104. The third-order valence-electron chi connectivity index (χ3n) is 7.89. The number of carbonyl (C=O) groups is 2. The van der Waals surface area contributed by atoms with E-state index in [9.17, 15) is 14.4 Å². The van der Waals surface area contributed by atoms with Crippen LogP contribution in [0, 0.1) is 13.8 Å². The molecule has 0 amide bonds. The summed E-state index contributed by atoms with van der Waals surface area (Å²) in [4.78, 5) is 59.2. The molecule has 256 valence electrons. The van der Waals surface area contributed by atoms with Crippen molar-refractivity contribution < 1.29 is 28.5 Å². The summed E-state index contributed by atoms with van der Waals surface area (Å²) < 4.78 is 25.3. The van der Waals surface area contributed by atoms with Crippen molar-refractivity contribution in [3.05, 3.63) is 123 Å². The SMILES string of the molecule is Cc1ccc(C(=O)OC[C@H]2O[C@@H](n3c(=O)cnc4c(OCc5ccccc5)nc(N=CN(C)C)nc43)C[C@@H]2OC(=O)c2ccc(C)cc2)cc1. The number of ether oxygens (including phenoxy) is 4. The number of benzene rings is 3. The van der Waals surface area contributed by atoms with E-state index in [1.807, 2.05) is 68.4 Å². The molecule has 0 radical (unpaired) electrons. The zero-order valence-corrected chi connectivity index (χ0v) is 28.1. The highest BCUT2D eigenvalue weighted by atomic mass is 16.6. The molecule has 1 aliphatic rings. The second kappa shape index (κ2) is 15.1. The van der Waals surface area contributed by atoms with Crippen LogP contribution < -0.4 is 10.3 Å². The molecule has 0 saturated carbocycles. The molecule has 0 unspecified atom stereocenters. The molecule has 13 heteroatoms. The summed E-state index contributed by atoms with van der Waals surface area (Å²) in [6.45, 7) is 3.76. The smallest absolute Gasteiger partial charge is 0.338 e. The van der Waals surface area contributed by atoms with Crippen LogP contribution in [0.4, 0.5) is 5.95 Å². The number of fused-ring (bicyclic) bond motifs is 1. The van der Waals surface area contributed by atoms with Crippen molar-refractivity contribution in [2.45, 2.75) is 45.3 Å². The van der Waals surface area contributed by atoms with Gasteiger partial charge in [-0.2, -0.15) is 9.97 Å². The fourth-order valence-corrected chi connectivity index (χ4v) is 5.27. The summed E-state index contributed by atoms with van der Waals surface area (Å²) >= 11 is 0. The first kappa shape index (κ1) is 33.9. The van der Waals surface area contributed by atoms with Crippen molar-refractivity contribution in [1.29, 1.82) is 0 Å². The Labute approximate surface area is 288 Å². The van der Waals surface area contributed by atoms with Crippen LogP contribution in [0.5, 0.6) is 5.88 Å². The van der Waals surface area contributed by atoms with Crippen molar-refractivity contribution in [2.75, 3.05) is 20.7 Å². The molecule has 1 saturated heterocycles. The first-order valence-electron chi connectivity index (χ1n) is 16.0. The van der Waals surface area contributed by atoms with Gasteiger partial charge in [-0.1, -0.05) is 65.7 Å². The molecular weight excluding hydrogens is 640 g/mol. The van der Waals surface area contributed by atoms with Crippen LogP contribution in [-0.2, 0) is 20.8 Å². The molecule has 3 aromatic carbocycles. The van der Waals surface area contributed by atoms with Gasteiger partial charge in [0.05, 0.1) is 23.7 Å². The van der Waals surface area contributed by atoms with Crippen molar-refractivity contribution in [3.8, 4) is 5.88 Å². The predicted octanol–water partition coefficient (Wildman–Crippen LogP) is 4.97. The third-order valence-corrected chi connectivity index (χ3v) is 7.89. The van der Waals surface area contributed by atoms with Crippen LogP contribution in [0.25, 0.3) is 11.2 Å². The van der Waals surface area contributed by atoms with E-state index < -0.39 is 35.9 Å². The van der Waals surface area contributed by atoms with Gasteiger partial charge in [-0.25, -0.2) is 19.6 Å². The van der Waals surface area contributed by atoms with Gasteiger partial charge in [-0.05, 0) is 43.7 Å². The van der Waals surface area contributed by atoms with Crippen molar-refractivity contribution in [1.82, 2.24) is 24.4 Å². The first-order valence-corrected chi connectivity index (χ1v) is 16.0. The van der Waals surface area contributed by atoms with Gasteiger partial charge in [-0.3, -0.25) is 9.36 Å². The van der Waals surface area contributed by atoms with Gasteiger partial charge >= 0.3 is 11.9 Å². The van der Waals surface area contributed by atoms with Crippen LogP contribution in [0.2, 0.25) is 0 Å². The number of nitrogens with zero attached hydrogens (tertiary/aromatic N) is 6. The number of carbonyl (C=O) groups excluding carboxylic acids is 2. The fourth-order valence-electron chi connectivity index (χ4n) is 5.27. The minimum absolute atomic E-state index is 0.0272. The van der Waals surface area contributed by atoms with Crippen molar-refractivity contribution in [2.24, 2.45) is 4.99 Å². The number of hydrogen-bond acceptors (Lipinski definition) is 11. The Kier molecular flexibility index (Phi) is 10.2. The number of aryl methyl sites for hydroxylation is 2. The lowest BCUT2D eigenvalue weighted by Crippen LogP contribution is -2.32. The molecule has 0 bridgehead atoms. The molecule has 0 N–H and O–H groups in total. The highest BCUT2D eigenvalue weighted by Gasteiger charge is 2.41. The monoisotopic (exact) mass is 676 g/mol. The molecule has 6 rings (SSSR count). The molecule has 0 spiro atoms. The summed E-state index contributed by atoms with van der Waals surface area (Å²) in [5.41, 5.74) is 3.36. The number of hydrogen-bond donors (Lipinski definition) is 0. The maximum Gasteiger partial charge on any atom is 0.338 e. The summed E-state index contributed by atoms with van der Waals surface area (Å²) in [6, 6.07) is 23.4. The molecule has 1 fully saturated rings. The standard InChI is InChI=1S/C37H36N6O7/c1-23-10-14-26(15-11-23)35(45)48-21-29-28(50-36(46)27-16-12-24(2)13-17-27)18-31(49-29)43-30(44)19-38-32-33(43)40-37(39-22-42(3)4)41-34(32)47-20-25-8-6-5-7-9-25/h5-17,19,22,28-29,31H,18,20-21H2,1-4H3/t28-,29+,31+/m0/s1. The Morgan fingerprint density at radius 3 is 2.26 bits per heavy atom. The van der Waals surface area contributed by atoms with Crippen LogP contribution in [0.3, 0.4) is 0 Å². The van der Waals surface area contributed by atoms with Gasteiger partial charge in [0, 0.05) is 20.5 Å². The molecule has 3 heterocycles. The summed E-state index contributed by atoms with van der Waals surface area (Å²) in [7, 11) is 3.59. The lowest BCUT2D eigenvalue weighted by Gasteiger charge is -2.19. The molecule has 5 aromatic rings. The maximum atomic E-state index is 13.5. The molecule has 3 atom stereocenters. The van der Waals surface area contributed by atoms with Crippen molar-refractivity contribution in [3.63, 3.8) is 0 Å². The van der Waals surface area contributed by atoms with E-state index in [0.29, 0.717) is 11.1 Å². The molecule has 0 aliphatic carbocycles. The van der Waals surface area contributed by atoms with Gasteiger partial charge in [0.15, 0.2) is 11.2 Å². The summed E-state index contributed by atoms with van der Waals surface area (Å²) in [5.74, 6) is -1.01. The van der Waals surface area contributed by atoms with E-state index in [0.717, 1.165) is 22.9 Å². The van der Waals surface area contributed by atoms with Gasteiger partial charge in [0.1, 0.15) is 31.6 Å². The second-order valence-electron chi connectivity index (χ2n) is 12.1. The average molecular weight is 677 g/mol. The van der Waals surface area contributed by atoms with E-state index in [-0.39, 0.29) is 42.6 Å². The van der Waals surface area contributed by atoms with E-state index >= 15 is 0 Å². The van der Waals surface area contributed by atoms with Crippen molar-refractivity contribution >= 4 is 35.4 Å². The van der Waals surface area contributed by atoms with E-state index in [4.69, 9.17) is 18.9 Å². The van der Waals surface area contributed by atoms with Crippen LogP contribution >= 0.6 is 0 Å². The lowest BCUT2D eigenvalue weighted by molar-refractivity contribution is -0.0570. The minimum Gasteiger partial charge on any atom is -0.471 e. The Bertz CT molecular complexity index is 2070. The first-order chi connectivity index (χ1) is 24.1. The van der Waals surface area contributed by atoms with E-state index in [1.165, 1.54) is 10.9 Å². The maximum absolute atomic E-state index is 13.5. The van der Waals surface area contributed by atoms with E-state index in [1.54, 1.807) is 43.3 Å².